The lowest BCUT2D eigenvalue weighted by Gasteiger charge is -2.19. The predicted octanol–water partition coefficient (Wildman–Crippen LogP) is 1.46. The molecule has 7 nitrogen and oxygen atoms in total. The number of nitrogen functional groups attached to an aromatic ring is 1. The highest BCUT2D eigenvalue weighted by Crippen LogP contribution is 2.24. The van der Waals surface area contributed by atoms with Crippen molar-refractivity contribution in [2.24, 2.45) is 5.92 Å². The van der Waals surface area contributed by atoms with E-state index in [4.69, 9.17) is 5.73 Å². The summed E-state index contributed by atoms with van der Waals surface area (Å²) in [4.78, 5) is 10.3. The molecule has 10 heteroatoms. The number of rotatable bonds is 7. The van der Waals surface area contributed by atoms with Crippen LogP contribution in [-0.4, -0.2) is 61.0 Å². The van der Waals surface area contributed by atoms with Crippen molar-refractivity contribution in [2.75, 3.05) is 42.7 Å². The topological polar surface area (TPSA) is 101 Å². The molecule has 2 atom stereocenters. The molecule has 0 saturated carbocycles. The maximum atomic E-state index is 11.3. The lowest BCUT2D eigenvalue weighted by atomic mass is 9.98. The average molecular weight is 400 g/mol. The van der Waals surface area contributed by atoms with Gasteiger partial charge in [0, 0.05) is 38.1 Å². The molecule has 1 aromatic heterocycles. The first kappa shape index (κ1) is 23.2. The summed E-state index contributed by atoms with van der Waals surface area (Å²) in [6.07, 6.45) is 5.13. The van der Waals surface area contributed by atoms with Gasteiger partial charge in [-0.2, -0.15) is 4.98 Å². The average Bonchev–Trinajstić information content (AvgIpc) is 2.79. The Morgan fingerprint density at radius 2 is 2.08 bits per heavy atom. The molecule has 0 bridgehead atoms. The number of nitrogens with one attached hydrogen (secondary N) is 1. The Morgan fingerprint density at radius 3 is 2.67 bits per heavy atom. The minimum Gasteiger partial charge on any atom is -0.368 e. The zero-order valence-corrected chi connectivity index (χ0v) is 16.5. The molecule has 140 valence electrons. The molecule has 0 spiro atoms. The van der Waals surface area contributed by atoms with Crippen molar-refractivity contribution >= 4 is 46.4 Å². The number of hydrogen-bond acceptors (Lipinski definition) is 7. The number of sulfone groups is 1. The number of aromatic nitrogens is 2. The summed E-state index contributed by atoms with van der Waals surface area (Å²) < 4.78 is 22.7. The van der Waals surface area contributed by atoms with Crippen LogP contribution in [0.4, 0.5) is 11.8 Å². The van der Waals surface area contributed by atoms with Crippen molar-refractivity contribution in [1.82, 2.24) is 14.9 Å². The van der Waals surface area contributed by atoms with Crippen molar-refractivity contribution in [1.29, 1.82) is 0 Å². The third kappa shape index (κ3) is 7.38. The van der Waals surface area contributed by atoms with Crippen molar-refractivity contribution in [3.05, 3.63) is 12.3 Å². The first-order valence-corrected chi connectivity index (χ1v) is 9.68. The molecule has 0 unspecified atom stereocenters. The molecule has 1 aromatic rings. The van der Waals surface area contributed by atoms with E-state index < -0.39 is 9.84 Å². The van der Waals surface area contributed by atoms with E-state index in [1.54, 1.807) is 12.3 Å². The second kappa shape index (κ2) is 10.2. The van der Waals surface area contributed by atoms with Gasteiger partial charge in [-0.15, -0.1) is 24.8 Å². The fraction of sp³-hybridized carbons (Fsp3) is 0.714. The molecule has 3 N–H and O–H groups in total. The zero-order chi connectivity index (χ0) is 16.2. The summed E-state index contributed by atoms with van der Waals surface area (Å²) in [5.41, 5.74) is 5.61. The molecule has 1 aliphatic rings. The van der Waals surface area contributed by atoms with Crippen molar-refractivity contribution in [2.45, 2.75) is 25.8 Å². The molecule has 1 aliphatic heterocycles. The van der Waals surface area contributed by atoms with E-state index in [2.05, 4.69) is 27.1 Å². The molecule has 0 aromatic carbocycles. The molecule has 2 heterocycles. The number of nitrogens with zero attached hydrogens (tertiary/aromatic N) is 3. The Balaban J connectivity index is 0.00000264. The standard InChI is InChI=1S/C14H25N5O2S.2ClH/c1-3-4-11-9-19(7-8-22(2,20)21)10-12(11)17-13-5-6-16-14(15)18-13;;/h5-6,11-12H,3-4,7-10H2,1-2H3,(H3,15,16,17,18);2*1H/t11-,12-;;/m0../s1. The third-order valence-electron chi connectivity index (χ3n) is 3.96. The summed E-state index contributed by atoms with van der Waals surface area (Å²) in [5, 5.41) is 3.42. The number of hydrogen-bond donors (Lipinski definition) is 2. The lowest BCUT2D eigenvalue weighted by molar-refractivity contribution is 0.338. The second-order valence-corrected chi connectivity index (χ2v) is 8.25. The Hall–Kier alpha value is -0.830. The number of nitrogens with two attached hydrogens (primary N) is 1. The first-order chi connectivity index (χ1) is 10.4. The number of likely N-dealkylation sites (tertiary alicyclic amines) is 1. The van der Waals surface area contributed by atoms with E-state index in [-0.39, 0.29) is 42.6 Å². The fourth-order valence-electron chi connectivity index (χ4n) is 2.91. The minimum absolute atomic E-state index is 0. The van der Waals surface area contributed by atoms with Gasteiger partial charge in [-0.05, 0) is 18.4 Å². The van der Waals surface area contributed by atoms with Crippen LogP contribution in [0.3, 0.4) is 0 Å². The Kier molecular flexibility index (Phi) is 9.87. The number of halogens is 2. The van der Waals surface area contributed by atoms with Gasteiger partial charge in [0.1, 0.15) is 15.7 Å². The van der Waals surface area contributed by atoms with Crippen LogP contribution in [0.2, 0.25) is 0 Å². The van der Waals surface area contributed by atoms with Crippen LogP contribution in [0, 0.1) is 5.92 Å². The summed E-state index contributed by atoms with van der Waals surface area (Å²) in [5.74, 6) is 1.67. The SMILES string of the molecule is CCC[C@H]1CN(CCS(C)(=O)=O)C[C@@H]1Nc1ccnc(N)n1.Cl.Cl. The van der Waals surface area contributed by atoms with Gasteiger partial charge < -0.3 is 11.1 Å². The van der Waals surface area contributed by atoms with E-state index in [1.807, 2.05) is 0 Å². The maximum absolute atomic E-state index is 11.3. The van der Waals surface area contributed by atoms with Crippen LogP contribution in [-0.2, 0) is 9.84 Å². The summed E-state index contributed by atoms with van der Waals surface area (Å²) >= 11 is 0. The summed E-state index contributed by atoms with van der Waals surface area (Å²) in [7, 11) is -2.92. The van der Waals surface area contributed by atoms with E-state index in [9.17, 15) is 8.42 Å². The van der Waals surface area contributed by atoms with E-state index in [0.717, 1.165) is 31.7 Å². The van der Waals surface area contributed by atoms with E-state index in [1.165, 1.54) is 6.26 Å². The molecule has 0 amide bonds. The first-order valence-electron chi connectivity index (χ1n) is 7.62. The van der Waals surface area contributed by atoms with Crippen LogP contribution in [0.15, 0.2) is 12.3 Å². The van der Waals surface area contributed by atoms with Gasteiger partial charge >= 0.3 is 0 Å². The molecular formula is C14H27Cl2N5O2S. The van der Waals surface area contributed by atoms with Crippen LogP contribution in [0.5, 0.6) is 0 Å². The molecule has 0 radical (unpaired) electrons. The molecule has 2 rings (SSSR count). The predicted molar refractivity (Wildman–Crippen MR) is 103 cm³/mol. The van der Waals surface area contributed by atoms with Gasteiger partial charge in [0.15, 0.2) is 0 Å². The minimum atomic E-state index is -2.92. The Bertz CT molecular complexity index is 603. The maximum Gasteiger partial charge on any atom is 0.221 e. The summed E-state index contributed by atoms with van der Waals surface area (Å²) in [6, 6.07) is 2.06. The Morgan fingerprint density at radius 1 is 1.38 bits per heavy atom. The quantitative estimate of drug-likeness (QED) is 0.715. The normalized spacial score (nSPS) is 20.9. The van der Waals surface area contributed by atoms with Crippen LogP contribution >= 0.6 is 24.8 Å². The molecule has 0 aliphatic carbocycles. The lowest BCUT2D eigenvalue weighted by Crippen LogP contribution is -2.31. The van der Waals surface area contributed by atoms with Gasteiger partial charge in [0.25, 0.3) is 0 Å². The molecule has 24 heavy (non-hydrogen) atoms. The molecular weight excluding hydrogens is 373 g/mol. The van der Waals surface area contributed by atoms with Gasteiger partial charge in [-0.25, -0.2) is 13.4 Å². The van der Waals surface area contributed by atoms with Gasteiger partial charge in [0.05, 0.1) is 5.75 Å². The highest BCUT2D eigenvalue weighted by molar-refractivity contribution is 7.90. The van der Waals surface area contributed by atoms with Crippen molar-refractivity contribution in [3.63, 3.8) is 0 Å². The largest absolute Gasteiger partial charge is 0.368 e. The smallest absolute Gasteiger partial charge is 0.221 e. The highest BCUT2D eigenvalue weighted by Gasteiger charge is 2.32. The Labute approximate surface area is 156 Å². The van der Waals surface area contributed by atoms with Gasteiger partial charge in [0.2, 0.25) is 5.95 Å². The van der Waals surface area contributed by atoms with Gasteiger partial charge in [-0.3, -0.25) is 4.90 Å². The number of anilines is 2. The second-order valence-electron chi connectivity index (χ2n) is 5.99. The fourth-order valence-corrected chi connectivity index (χ4v) is 3.50. The van der Waals surface area contributed by atoms with Crippen molar-refractivity contribution in [3.8, 4) is 0 Å². The molecule has 1 fully saturated rings. The van der Waals surface area contributed by atoms with E-state index in [0.29, 0.717) is 12.5 Å². The highest BCUT2D eigenvalue weighted by atomic mass is 35.5. The molecule has 1 saturated heterocycles. The van der Waals surface area contributed by atoms with Crippen molar-refractivity contribution < 1.29 is 8.42 Å². The monoisotopic (exact) mass is 399 g/mol. The van der Waals surface area contributed by atoms with Gasteiger partial charge in [-0.1, -0.05) is 13.3 Å². The van der Waals surface area contributed by atoms with E-state index >= 15 is 0 Å². The zero-order valence-electron chi connectivity index (χ0n) is 14.0. The van der Waals surface area contributed by atoms with Crippen LogP contribution in [0.1, 0.15) is 19.8 Å². The third-order valence-corrected chi connectivity index (χ3v) is 4.89. The van der Waals surface area contributed by atoms with Crippen LogP contribution < -0.4 is 11.1 Å². The summed E-state index contributed by atoms with van der Waals surface area (Å²) in [6.45, 7) is 4.49. The van der Waals surface area contributed by atoms with Crippen LogP contribution in [0.25, 0.3) is 0 Å².